The first-order valence-corrected chi connectivity index (χ1v) is 9.80. The highest BCUT2D eigenvalue weighted by Crippen LogP contribution is 2.41. The number of alkyl halides is 3. The third-order valence-electron chi connectivity index (χ3n) is 6.40. The van der Waals surface area contributed by atoms with E-state index in [1.165, 1.54) is 6.07 Å². The maximum atomic E-state index is 13.5. The first-order chi connectivity index (χ1) is 13.3. The number of carbonyl (C=O) groups is 1. The minimum Gasteiger partial charge on any atom is -0.348 e. The molecule has 0 spiro atoms. The Morgan fingerprint density at radius 3 is 2.43 bits per heavy atom. The molecule has 2 bridgehead atoms. The van der Waals surface area contributed by atoms with Crippen LogP contribution in [-0.2, 0) is 6.18 Å². The molecule has 1 amide bonds. The van der Waals surface area contributed by atoms with Crippen molar-refractivity contribution < 1.29 is 18.0 Å². The van der Waals surface area contributed by atoms with Gasteiger partial charge in [0, 0.05) is 35.8 Å². The van der Waals surface area contributed by atoms with E-state index in [0.29, 0.717) is 17.8 Å². The van der Waals surface area contributed by atoms with Crippen LogP contribution in [0.1, 0.15) is 66.3 Å². The summed E-state index contributed by atoms with van der Waals surface area (Å²) >= 11 is 0. The van der Waals surface area contributed by atoms with E-state index in [4.69, 9.17) is 0 Å². The molecule has 9 heteroatoms. The summed E-state index contributed by atoms with van der Waals surface area (Å²) in [6.45, 7) is 0. The second kappa shape index (κ2) is 6.17. The normalized spacial score (nSPS) is 28.1. The highest BCUT2D eigenvalue weighted by Gasteiger charge is 2.40. The fraction of sp³-hybridized carbons (Fsp3) is 0.632. The van der Waals surface area contributed by atoms with Gasteiger partial charge < -0.3 is 10.2 Å². The molecule has 3 fully saturated rings. The molecule has 1 saturated carbocycles. The highest BCUT2D eigenvalue weighted by molar-refractivity contribution is 5.93. The Balaban J connectivity index is 1.42. The number of rotatable bonds is 3. The molecule has 150 valence electrons. The quantitative estimate of drug-likeness (QED) is 0.871. The summed E-state index contributed by atoms with van der Waals surface area (Å²) < 4.78 is 41.3. The molecule has 2 saturated heterocycles. The zero-order valence-corrected chi connectivity index (χ0v) is 15.5. The predicted octanol–water partition coefficient (Wildman–Crippen LogP) is 2.98. The molecular weight excluding hydrogens is 371 g/mol. The fourth-order valence-electron chi connectivity index (χ4n) is 4.68. The predicted molar refractivity (Wildman–Crippen MR) is 95.0 cm³/mol. The maximum Gasteiger partial charge on any atom is 0.433 e. The highest BCUT2D eigenvalue weighted by atomic mass is 19.4. The van der Waals surface area contributed by atoms with Crippen molar-refractivity contribution in [2.24, 2.45) is 0 Å². The molecule has 2 aromatic rings. The van der Waals surface area contributed by atoms with Crippen molar-refractivity contribution in [3.8, 4) is 0 Å². The van der Waals surface area contributed by atoms with Gasteiger partial charge in [0.25, 0.3) is 5.91 Å². The van der Waals surface area contributed by atoms with Crippen LogP contribution >= 0.6 is 0 Å². The van der Waals surface area contributed by atoms with Crippen LogP contribution < -0.4 is 5.32 Å². The number of carbonyl (C=O) groups excluding carboxylic acids is 1. The lowest BCUT2D eigenvalue weighted by molar-refractivity contribution is -0.142. The topological polar surface area (TPSA) is 62.5 Å². The standard InChI is InChI=1S/C19H22F3N5O/c1-26-12-4-5-13(26)7-11(6-12)23-18(28)15-9-17-24-14(10-2-3-10)8-16(19(20,21)22)27(17)25-15/h8-13H,2-7H2,1H3,(H,23,28). The summed E-state index contributed by atoms with van der Waals surface area (Å²) in [5, 5.41) is 6.92. The van der Waals surface area contributed by atoms with E-state index in [2.05, 4.69) is 27.3 Å². The summed E-state index contributed by atoms with van der Waals surface area (Å²) in [4.78, 5) is 19.4. The second-order valence-corrected chi connectivity index (χ2v) is 8.33. The molecule has 1 aliphatic carbocycles. The van der Waals surface area contributed by atoms with Crippen molar-refractivity contribution in [2.75, 3.05) is 7.05 Å². The van der Waals surface area contributed by atoms with Crippen LogP contribution in [0.3, 0.4) is 0 Å². The number of nitrogens with one attached hydrogen (secondary N) is 1. The van der Waals surface area contributed by atoms with E-state index in [0.717, 1.165) is 49.1 Å². The van der Waals surface area contributed by atoms with Gasteiger partial charge in [0.05, 0.1) is 0 Å². The van der Waals surface area contributed by atoms with Crippen molar-refractivity contribution in [3.63, 3.8) is 0 Å². The van der Waals surface area contributed by atoms with Crippen LogP contribution in [0.2, 0.25) is 0 Å². The smallest absolute Gasteiger partial charge is 0.348 e. The second-order valence-electron chi connectivity index (χ2n) is 8.33. The van der Waals surface area contributed by atoms with Crippen LogP contribution in [0.5, 0.6) is 0 Å². The van der Waals surface area contributed by atoms with Gasteiger partial charge in [-0.25, -0.2) is 9.50 Å². The summed E-state index contributed by atoms with van der Waals surface area (Å²) in [7, 11) is 2.12. The Bertz CT molecular complexity index is 922. The lowest BCUT2D eigenvalue weighted by Gasteiger charge is -2.36. The molecule has 2 unspecified atom stereocenters. The van der Waals surface area contributed by atoms with Gasteiger partial charge >= 0.3 is 6.18 Å². The van der Waals surface area contributed by atoms with Gasteiger partial charge in [0.15, 0.2) is 11.3 Å². The number of hydrogen-bond donors (Lipinski definition) is 1. The number of fused-ring (bicyclic) bond motifs is 3. The molecule has 2 atom stereocenters. The zero-order chi connectivity index (χ0) is 19.6. The van der Waals surface area contributed by atoms with Gasteiger partial charge in [0.2, 0.25) is 0 Å². The molecule has 0 aromatic carbocycles. The van der Waals surface area contributed by atoms with E-state index >= 15 is 0 Å². The molecule has 0 radical (unpaired) electrons. The van der Waals surface area contributed by atoms with Gasteiger partial charge in [-0.15, -0.1) is 0 Å². The van der Waals surface area contributed by atoms with Crippen molar-refractivity contribution in [1.82, 2.24) is 24.8 Å². The lowest BCUT2D eigenvalue weighted by Crippen LogP contribution is -2.48. The van der Waals surface area contributed by atoms with Crippen LogP contribution in [0, 0.1) is 0 Å². The molecule has 28 heavy (non-hydrogen) atoms. The van der Waals surface area contributed by atoms with Crippen LogP contribution in [0.4, 0.5) is 13.2 Å². The van der Waals surface area contributed by atoms with Gasteiger partial charge in [-0.2, -0.15) is 18.3 Å². The molecule has 5 rings (SSSR count). The van der Waals surface area contributed by atoms with Crippen molar-refractivity contribution >= 4 is 11.6 Å². The summed E-state index contributed by atoms with van der Waals surface area (Å²) in [5.74, 6) is -0.353. The van der Waals surface area contributed by atoms with Crippen molar-refractivity contribution in [3.05, 3.63) is 29.2 Å². The van der Waals surface area contributed by atoms with E-state index in [1.54, 1.807) is 0 Å². The largest absolute Gasteiger partial charge is 0.433 e. The monoisotopic (exact) mass is 393 g/mol. The fourth-order valence-corrected chi connectivity index (χ4v) is 4.68. The minimum absolute atomic E-state index is 0.0165. The van der Waals surface area contributed by atoms with E-state index in [-0.39, 0.29) is 23.3 Å². The van der Waals surface area contributed by atoms with Crippen molar-refractivity contribution in [2.45, 2.75) is 68.7 Å². The Hall–Kier alpha value is -2.16. The van der Waals surface area contributed by atoms with E-state index in [1.807, 2.05) is 0 Å². The first kappa shape index (κ1) is 17.9. The number of halogens is 3. The Kier molecular flexibility index (Phi) is 3.94. The first-order valence-electron chi connectivity index (χ1n) is 9.80. The number of nitrogens with zero attached hydrogens (tertiary/aromatic N) is 4. The summed E-state index contributed by atoms with van der Waals surface area (Å²) in [6.07, 6.45) is 1.13. The van der Waals surface area contributed by atoms with Gasteiger partial charge in [0.1, 0.15) is 5.69 Å². The third-order valence-corrected chi connectivity index (χ3v) is 6.40. The molecule has 1 N–H and O–H groups in total. The van der Waals surface area contributed by atoms with Crippen LogP contribution in [-0.4, -0.2) is 50.6 Å². The van der Waals surface area contributed by atoms with E-state index < -0.39 is 17.8 Å². The Labute approximate surface area is 160 Å². The lowest BCUT2D eigenvalue weighted by atomic mass is 9.98. The zero-order valence-electron chi connectivity index (χ0n) is 15.5. The van der Waals surface area contributed by atoms with Gasteiger partial charge in [-0.05, 0) is 51.6 Å². The van der Waals surface area contributed by atoms with E-state index in [9.17, 15) is 18.0 Å². The number of hydrogen-bond acceptors (Lipinski definition) is 4. The van der Waals surface area contributed by atoms with Crippen LogP contribution in [0.25, 0.3) is 5.65 Å². The summed E-state index contributed by atoms with van der Waals surface area (Å²) in [6, 6.07) is 3.38. The average molecular weight is 393 g/mol. The average Bonchev–Trinajstić information content (AvgIpc) is 3.35. The maximum absolute atomic E-state index is 13.5. The number of aromatic nitrogens is 3. The number of amides is 1. The summed E-state index contributed by atoms with van der Waals surface area (Å²) in [5.41, 5.74) is -0.392. The molecule has 6 nitrogen and oxygen atoms in total. The Morgan fingerprint density at radius 1 is 1.14 bits per heavy atom. The minimum atomic E-state index is -4.56. The molecule has 3 aliphatic rings. The van der Waals surface area contributed by atoms with Gasteiger partial charge in [-0.3, -0.25) is 4.79 Å². The van der Waals surface area contributed by atoms with Gasteiger partial charge in [-0.1, -0.05) is 0 Å². The SMILES string of the molecule is CN1C2CCC1CC(NC(=O)c1cc3nc(C4CC4)cc(C(F)(F)F)n3n1)C2. The Morgan fingerprint density at radius 2 is 1.82 bits per heavy atom. The van der Waals surface area contributed by atoms with Crippen molar-refractivity contribution in [1.29, 1.82) is 0 Å². The third kappa shape index (κ3) is 3.05. The molecule has 4 heterocycles. The molecule has 2 aromatic heterocycles. The molecular formula is C19H22F3N5O. The number of piperidine rings is 1. The molecule has 2 aliphatic heterocycles. The van der Waals surface area contributed by atoms with Crippen LogP contribution in [0.15, 0.2) is 12.1 Å².